The van der Waals surface area contributed by atoms with Gasteiger partial charge in [0.05, 0.1) is 0 Å². The van der Waals surface area contributed by atoms with Crippen molar-refractivity contribution in [3.63, 3.8) is 0 Å². The first-order valence-corrected chi connectivity index (χ1v) is 6.59. The maximum atomic E-state index is 10.6. The van der Waals surface area contributed by atoms with E-state index in [9.17, 15) is 4.79 Å². The van der Waals surface area contributed by atoms with Crippen LogP contribution in [0.15, 0.2) is 0 Å². The van der Waals surface area contributed by atoms with Crippen LogP contribution in [0.4, 0.5) is 0 Å². The molecule has 0 spiro atoms. The fourth-order valence-electron chi connectivity index (χ4n) is 1.50. The first kappa shape index (κ1) is 15.4. The van der Waals surface area contributed by atoms with Crippen molar-refractivity contribution in [2.24, 2.45) is 0 Å². The van der Waals surface area contributed by atoms with E-state index < -0.39 is 0 Å². The number of ether oxygens (including phenoxy) is 1. The Bertz CT molecular complexity index is 160. The maximum Gasteiger partial charge on any atom is 0.216 e. The third-order valence-electron chi connectivity index (χ3n) is 2.48. The molecule has 0 saturated heterocycles. The highest BCUT2D eigenvalue weighted by Crippen LogP contribution is 2.02. The van der Waals surface area contributed by atoms with E-state index in [1.807, 2.05) is 0 Å². The van der Waals surface area contributed by atoms with Gasteiger partial charge < -0.3 is 10.1 Å². The summed E-state index contributed by atoms with van der Waals surface area (Å²) in [6.45, 7) is 6.27. The molecule has 3 heteroatoms. The summed E-state index contributed by atoms with van der Waals surface area (Å²) < 4.78 is 5.51. The zero-order valence-corrected chi connectivity index (χ0v) is 10.9. The minimum atomic E-state index is 0.0526. The molecule has 0 heterocycles. The highest BCUT2D eigenvalue weighted by Gasteiger charge is 1.93. The number of carbonyl (C=O) groups is 1. The number of rotatable bonds is 11. The Morgan fingerprint density at radius 3 is 2.25 bits per heavy atom. The van der Waals surface area contributed by atoms with Crippen LogP contribution in [0.5, 0.6) is 0 Å². The fourth-order valence-corrected chi connectivity index (χ4v) is 1.50. The number of nitrogens with one attached hydrogen (secondary N) is 1. The summed E-state index contributed by atoms with van der Waals surface area (Å²) in [6, 6.07) is 0. The van der Waals surface area contributed by atoms with Crippen molar-refractivity contribution in [1.82, 2.24) is 5.32 Å². The Morgan fingerprint density at radius 2 is 1.62 bits per heavy atom. The molecule has 0 aromatic rings. The number of hydrogen-bond acceptors (Lipinski definition) is 2. The van der Waals surface area contributed by atoms with Crippen LogP contribution in [0, 0.1) is 0 Å². The standard InChI is InChI=1S/C13H27NO2/c1-3-4-5-6-8-11-16-12-9-7-10-14-13(2)15/h3-12H2,1-2H3,(H,14,15). The normalized spacial score (nSPS) is 10.4. The van der Waals surface area contributed by atoms with Crippen LogP contribution in [0.1, 0.15) is 58.8 Å². The maximum absolute atomic E-state index is 10.6. The Balaban J connectivity index is 2.90. The number of hydrogen-bond donors (Lipinski definition) is 1. The van der Waals surface area contributed by atoms with Crippen molar-refractivity contribution >= 4 is 5.91 Å². The van der Waals surface area contributed by atoms with E-state index in [0.717, 1.165) is 32.6 Å². The van der Waals surface area contributed by atoms with E-state index in [4.69, 9.17) is 4.74 Å². The Labute approximate surface area is 99.9 Å². The summed E-state index contributed by atoms with van der Waals surface area (Å²) in [5.74, 6) is 0.0526. The third-order valence-corrected chi connectivity index (χ3v) is 2.48. The lowest BCUT2D eigenvalue weighted by molar-refractivity contribution is -0.118. The Hall–Kier alpha value is -0.570. The molecule has 16 heavy (non-hydrogen) atoms. The molecule has 0 rings (SSSR count). The number of amides is 1. The number of carbonyl (C=O) groups excluding carboxylic acids is 1. The molecule has 0 fully saturated rings. The van der Waals surface area contributed by atoms with Gasteiger partial charge in [-0.2, -0.15) is 0 Å². The zero-order chi connectivity index (χ0) is 12.1. The SMILES string of the molecule is CCCCCCCOCCCCNC(C)=O. The van der Waals surface area contributed by atoms with Crippen LogP contribution in [0.25, 0.3) is 0 Å². The smallest absolute Gasteiger partial charge is 0.216 e. The molecule has 0 saturated carbocycles. The van der Waals surface area contributed by atoms with Crippen LogP contribution in [0.2, 0.25) is 0 Å². The molecular formula is C13H27NO2. The Kier molecular flexibility index (Phi) is 12.1. The average Bonchev–Trinajstić information content (AvgIpc) is 2.25. The van der Waals surface area contributed by atoms with Crippen LogP contribution in [-0.4, -0.2) is 25.7 Å². The van der Waals surface area contributed by atoms with Crippen LogP contribution in [-0.2, 0) is 9.53 Å². The average molecular weight is 229 g/mol. The molecule has 0 aromatic heterocycles. The van der Waals surface area contributed by atoms with E-state index in [1.54, 1.807) is 6.92 Å². The van der Waals surface area contributed by atoms with Crippen molar-refractivity contribution in [2.75, 3.05) is 19.8 Å². The van der Waals surface area contributed by atoms with E-state index in [0.29, 0.717) is 0 Å². The highest BCUT2D eigenvalue weighted by molar-refractivity contribution is 5.72. The first-order valence-electron chi connectivity index (χ1n) is 6.59. The highest BCUT2D eigenvalue weighted by atomic mass is 16.5. The molecule has 1 N–H and O–H groups in total. The van der Waals surface area contributed by atoms with Gasteiger partial charge in [0.1, 0.15) is 0 Å². The van der Waals surface area contributed by atoms with Gasteiger partial charge in [0, 0.05) is 26.7 Å². The molecule has 0 atom stereocenters. The first-order chi connectivity index (χ1) is 7.77. The minimum Gasteiger partial charge on any atom is -0.381 e. The molecule has 96 valence electrons. The summed E-state index contributed by atoms with van der Waals surface area (Å²) >= 11 is 0. The molecule has 0 aromatic carbocycles. The van der Waals surface area contributed by atoms with Gasteiger partial charge >= 0.3 is 0 Å². The van der Waals surface area contributed by atoms with Crippen molar-refractivity contribution < 1.29 is 9.53 Å². The topological polar surface area (TPSA) is 38.3 Å². The van der Waals surface area contributed by atoms with Gasteiger partial charge in [-0.1, -0.05) is 32.6 Å². The van der Waals surface area contributed by atoms with Crippen molar-refractivity contribution in [3.05, 3.63) is 0 Å². The van der Waals surface area contributed by atoms with Gasteiger partial charge in [-0.25, -0.2) is 0 Å². The molecule has 0 bridgehead atoms. The number of unbranched alkanes of at least 4 members (excludes halogenated alkanes) is 5. The van der Waals surface area contributed by atoms with Gasteiger partial charge in [0.15, 0.2) is 0 Å². The zero-order valence-electron chi connectivity index (χ0n) is 10.9. The Morgan fingerprint density at radius 1 is 1.00 bits per heavy atom. The van der Waals surface area contributed by atoms with E-state index in [1.165, 1.54) is 32.1 Å². The molecule has 1 amide bonds. The summed E-state index contributed by atoms with van der Waals surface area (Å²) in [5.41, 5.74) is 0. The molecule has 0 aliphatic rings. The van der Waals surface area contributed by atoms with Crippen molar-refractivity contribution in [2.45, 2.75) is 58.8 Å². The molecular weight excluding hydrogens is 202 g/mol. The molecule has 0 unspecified atom stereocenters. The molecule has 0 aliphatic carbocycles. The summed E-state index contributed by atoms with van der Waals surface area (Å²) in [7, 11) is 0. The molecule has 0 aliphatic heterocycles. The van der Waals surface area contributed by atoms with Gasteiger partial charge in [-0.15, -0.1) is 0 Å². The minimum absolute atomic E-state index is 0.0526. The second kappa shape index (κ2) is 12.5. The predicted molar refractivity (Wildman–Crippen MR) is 67.5 cm³/mol. The predicted octanol–water partition coefficient (Wildman–Crippen LogP) is 2.89. The van der Waals surface area contributed by atoms with Gasteiger partial charge in [0.25, 0.3) is 0 Å². The summed E-state index contributed by atoms with van der Waals surface area (Å²) in [5, 5.41) is 2.78. The van der Waals surface area contributed by atoms with Gasteiger partial charge in [0.2, 0.25) is 5.91 Å². The van der Waals surface area contributed by atoms with Crippen LogP contribution in [0.3, 0.4) is 0 Å². The van der Waals surface area contributed by atoms with E-state index in [-0.39, 0.29) is 5.91 Å². The second-order valence-corrected chi connectivity index (χ2v) is 4.22. The van der Waals surface area contributed by atoms with E-state index >= 15 is 0 Å². The van der Waals surface area contributed by atoms with Gasteiger partial charge in [-0.05, 0) is 19.3 Å². The van der Waals surface area contributed by atoms with Crippen molar-refractivity contribution in [1.29, 1.82) is 0 Å². The van der Waals surface area contributed by atoms with Crippen LogP contribution < -0.4 is 5.32 Å². The summed E-state index contributed by atoms with van der Waals surface area (Å²) in [6.07, 6.45) is 8.50. The molecule has 3 nitrogen and oxygen atoms in total. The molecule has 0 radical (unpaired) electrons. The monoisotopic (exact) mass is 229 g/mol. The lowest BCUT2D eigenvalue weighted by atomic mass is 10.2. The van der Waals surface area contributed by atoms with Crippen molar-refractivity contribution in [3.8, 4) is 0 Å². The lowest BCUT2D eigenvalue weighted by Gasteiger charge is -2.04. The van der Waals surface area contributed by atoms with E-state index in [2.05, 4.69) is 12.2 Å². The third kappa shape index (κ3) is 13.4. The second-order valence-electron chi connectivity index (χ2n) is 4.22. The lowest BCUT2D eigenvalue weighted by Crippen LogP contribution is -2.21. The summed E-state index contributed by atoms with van der Waals surface area (Å²) in [4.78, 5) is 10.6. The quantitative estimate of drug-likeness (QED) is 0.553. The largest absolute Gasteiger partial charge is 0.381 e. The van der Waals surface area contributed by atoms with Crippen LogP contribution >= 0.6 is 0 Å². The van der Waals surface area contributed by atoms with Gasteiger partial charge in [-0.3, -0.25) is 4.79 Å². The fraction of sp³-hybridized carbons (Fsp3) is 0.923.